The maximum absolute atomic E-state index is 11.6. The van der Waals surface area contributed by atoms with Gasteiger partial charge in [-0.3, -0.25) is 14.6 Å². The van der Waals surface area contributed by atoms with Crippen LogP contribution in [0.5, 0.6) is 0 Å². The molecule has 2 heterocycles. The van der Waals surface area contributed by atoms with Crippen LogP contribution in [0.2, 0.25) is 0 Å². The highest BCUT2D eigenvalue weighted by molar-refractivity contribution is 5.78. The average molecular weight is 241 g/mol. The lowest BCUT2D eigenvalue weighted by atomic mass is 9.99. The summed E-state index contributed by atoms with van der Waals surface area (Å²) < 4.78 is 0. The third-order valence-electron chi connectivity index (χ3n) is 3.72. The summed E-state index contributed by atoms with van der Waals surface area (Å²) in [6.45, 7) is 5.19. The van der Waals surface area contributed by atoms with E-state index in [1.807, 2.05) is 0 Å². The summed E-state index contributed by atoms with van der Waals surface area (Å²) in [6, 6.07) is 0.656. The Bertz CT molecular complexity index is 260. The van der Waals surface area contributed by atoms with Crippen LogP contribution in [0.3, 0.4) is 0 Å². The molecule has 2 N–H and O–H groups in total. The summed E-state index contributed by atoms with van der Waals surface area (Å²) in [5.74, 6) is 0.0308. The highest BCUT2D eigenvalue weighted by Crippen LogP contribution is 2.20. The summed E-state index contributed by atoms with van der Waals surface area (Å²) >= 11 is 0. The maximum Gasteiger partial charge on any atom is 0.234 e. The third kappa shape index (κ3) is 3.66. The van der Waals surface area contributed by atoms with Crippen LogP contribution < -0.4 is 5.32 Å². The molecule has 2 rings (SSSR count). The van der Waals surface area contributed by atoms with Gasteiger partial charge in [0, 0.05) is 32.2 Å². The molecule has 5 nitrogen and oxygen atoms in total. The van der Waals surface area contributed by atoms with Gasteiger partial charge in [-0.1, -0.05) is 6.42 Å². The molecule has 0 radical (unpaired) electrons. The molecule has 1 amide bonds. The predicted molar refractivity (Wildman–Crippen MR) is 65.7 cm³/mol. The molecule has 2 saturated heterocycles. The van der Waals surface area contributed by atoms with Gasteiger partial charge in [-0.25, -0.2) is 0 Å². The highest BCUT2D eigenvalue weighted by Gasteiger charge is 2.29. The van der Waals surface area contributed by atoms with Gasteiger partial charge in [-0.05, 0) is 19.4 Å². The van der Waals surface area contributed by atoms with Crippen LogP contribution in [-0.2, 0) is 4.79 Å². The van der Waals surface area contributed by atoms with Crippen LogP contribution in [0.4, 0.5) is 0 Å². The fourth-order valence-corrected chi connectivity index (χ4v) is 2.82. The molecule has 0 bridgehead atoms. The Kier molecular flexibility index (Phi) is 4.76. The number of carbonyl (C=O) groups excluding carboxylic acids is 1. The predicted octanol–water partition coefficient (Wildman–Crippen LogP) is -0.735. The van der Waals surface area contributed by atoms with Gasteiger partial charge < -0.3 is 10.4 Å². The van der Waals surface area contributed by atoms with Gasteiger partial charge in [0.25, 0.3) is 0 Å². The van der Waals surface area contributed by atoms with E-state index in [2.05, 4.69) is 15.1 Å². The molecule has 2 fully saturated rings. The minimum Gasteiger partial charge on any atom is -0.395 e. The van der Waals surface area contributed by atoms with Crippen LogP contribution in [-0.4, -0.2) is 72.7 Å². The van der Waals surface area contributed by atoms with Crippen LogP contribution in [0, 0.1) is 0 Å². The molecule has 17 heavy (non-hydrogen) atoms. The quantitative estimate of drug-likeness (QED) is 0.681. The number of nitrogens with one attached hydrogen (secondary N) is 1. The monoisotopic (exact) mass is 241 g/mol. The number of hydrogen-bond donors (Lipinski definition) is 2. The molecule has 0 aromatic rings. The number of amides is 1. The van der Waals surface area contributed by atoms with Crippen molar-refractivity contribution in [3.8, 4) is 0 Å². The number of aliphatic hydroxyl groups is 1. The second kappa shape index (κ2) is 6.33. The SMILES string of the molecule is O=C(CN1CCN2CCCCC2C1)NCCO. The van der Waals surface area contributed by atoms with Gasteiger partial charge in [0.05, 0.1) is 13.2 Å². The molecule has 0 aromatic carbocycles. The first-order chi connectivity index (χ1) is 8.29. The number of piperazine rings is 1. The molecule has 1 atom stereocenters. The maximum atomic E-state index is 11.6. The number of hydrogen-bond acceptors (Lipinski definition) is 4. The first-order valence-electron chi connectivity index (χ1n) is 6.63. The van der Waals surface area contributed by atoms with Gasteiger partial charge in [-0.2, -0.15) is 0 Å². The lowest BCUT2D eigenvalue weighted by molar-refractivity contribution is -0.123. The molecule has 5 heteroatoms. The Morgan fingerprint density at radius 1 is 1.29 bits per heavy atom. The van der Waals surface area contributed by atoms with Gasteiger partial charge in [0.1, 0.15) is 0 Å². The topological polar surface area (TPSA) is 55.8 Å². The van der Waals surface area contributed by atoms with Crippen molar-refractivity contribution >= 4 is 5.91 Å². The first-order valence-corrected chi connectivity index (χ1v) is 6.63. The van der Waals surface area contributed by atoms with Crippen molar-refractivity contribution in [2.45, 2.75) is 25.3 Å². The van der Waals surface area contributed by atoms with E-state index in [4.69, 9.17) is 5.11 Å². The van der Waals surface area contributed by atoms with Crippen LogP contribution in [0.1, 0.15) is 19.3 Å². The minimum atomic E-state index is 0.0160. The number of aliphatic hydroxyl groups excluding tert-OH is 1. The lowest BCUT2D eigenvalue weighted by Crippen LogP contribution is -2.56. The van der Waals surface area contributed by atoms with E-state index >= 15 is 0 Å². The van der Waals surface area contributed by atoms with Crippen molar-refractivity contribution in [2.75, 3.05) is 45.9 Å². The molecule has 0 saturated carbocycles. The van der Waals surface area contributed by atoms with Crippen LogP contribution >= 0.6 is 0 Å². The molecule has 2 aliphatic heterocycles. The highest BCUT2D eigenvalue weighted by atomic mass is 16.3. The minimum absolute atomic E-state index is 0.0160. The molecular weight excluding hydrogens is 218 g/mol. The van der Waals surface area contributed by atoms with E-state index in [0.29, 0.717) is 19.1 Å². The van der Waals surface area contributed by atoms with Crippen molar-refractivity contribution in [2.24, 2.45) is 0 Å². The standard InChI is InChI=1S/C12H23N3O2/c16-8-4-13-12(17)10-14-6-7-15-5-2-1-3-11(15)9-14/h11,16H,1-10H2,(H,13,17). The summed E-state index contributed by atoms with van der Waals surface area (Å²) in [5.41, 5.74) is 0. The summed E-state index contributed by atoms with van der Waals surface area (Å²) in [7, 11) is 0. The van der Waals surface area contributed by atoms with Crippen LogP contribution in [0.25, 0.3) is 0 Å². The van der Waals surface area contributed by atoms with Gasteiger partial charge in [-0.15, -0.1) is 0 Å². The number of carbonyl (C=O) groups is 1. The molecule has 0 aromatic heterocycles. The van der Waals surface area contributed by atoms with E-state index in [-0.39, 0.29) is 12.5 Å². The van der Waals surface area contributed by atoms with Crippen molar-refractivity contribution in [1.82, 2.24) is 15.1 Å². The molecular formula is C12H23N3O2. The third-order valence-corrected chi connectivity index (χ3v) is 3.72. The second-order valence-corrected chi connectivity index (χ2v) is 4.99. The molecule has 1 unspecified atom stereocenters. The summed E-state index contributed by atoms with van der Waals surface area (Å²) in [4.78, 5) is 16.3. The Morgan fingerprint density at radius 3 is 3.00 bits per heavy atom. The van der Waals surface area contributed by atoms with Crippen molar-refractivity contribution < 1.29 is 9.90 Å². The number of rotatable bonds is 4. The largest absolute Gasteiger partial charge is 0.395 e. The number of piperidine rings is 1. The molecule has 0 spiro atoms. The average Bonchev–Trinajstić information content (AvgIpc) is 2.36. The van der Waals surface area contributed by atoms with E-state index in [1.165, 1.54) is 25.8 Å². The number of nitrogens with zero attached hydrogens (tertiary/aromatic N) is 2. The molecule has 0 aliphatic carbocycles. The van der Waals surface area contributed by atoms with E-state index in [9.17, 15) is 4.79 Å². The normalized spacial score (nSPS) is 26.5. The Labute approximate surface area is 103 Å². The zero-order valence-electron chi connectivity index (χ0n) is 10.4. The Morgan fingerprint density at radius 2 is 2.18 bits per heavy atom. The van der Waals surface area contributed by atoms with E-state index in [1.54, 1.807) is 0 Å². The Hall–Kier alpha value is -0.650. The summed E-state index contributed by atoms with van der Waals surface area (Å²) in [5, 5.41) is 11.3. The zero-order valence-corrected chi connectivity index (χ0v) is 10.4. The van der Waals surface area contributed by atoms with Gasteiger partial charge in [0.2, 0.25) is 5.91 Å². The lowest BCUT2D eigenvalue weighted by Gasteiger charge is -2.43. The van der Waals surface area contributed by atoms with Gasteiger partial charge >= 0.3 is 0 Å². The van der Waals surface area contributed by atoms with Crippen molar-refractivity contribution in [3.05, 3.63) is 0 Å². The summed E-state index contributed by atoms with van der Waals surface area (Å²) in [6.07, 6.45) is 3.92. The fourth-order valence-electron chi connectivity index (χ4n) is 2.82. The molecule has 2 aliphatic rings. The van der Waals surface area contributed by atoms with Crippen molar-refractivity contribution in [3.63, 3.8) is 0 Å². The fraction of sp³-hybridized carbons (Fsp3) is 0.917. The van der Waals surface area contributed by atoms with E-state index in [0.717, 1.165) is 19.6 Å². The Balaban J connectivity index is 1.73. The smallest absolute Gasteiger partial charge is 0.234 e. The first kappa shape index (κ1) is 12.8. The van der Waals surface area contributed by atoms with E-state index < -0.39 is 0 Å². The van der Waals surface area contributed by atoms with Gasteiger partial charge in [0.15, 0.2) is 0 Å². The number of fused-ring (bicyclic) bond motifs is 1. The van der Waals surface area contributed by atoms with Crippen molar-refractivity contribution in [1.29, 1.82) is 0 Å². The molecule has 98 valence electrons. The second-order valence-electron chi connectivity index (χ2n) is 4.99. The van der Waals surface area contributed by atoms with Crippen LogP contribution in [0.15, 0.2) is 0 Å². The zero-order chi connectivity index (χ0) is 12.1.